The first-order valence-electron chi connectivity index (χ1n) is 9.32. The number of hydrogen-bond acceptors (Lipinski definition) is 1. The van der Waals surface area contributed by atoms with Gasteiger partial charge in [0.15, 0.2) is 0 Å². The van der Waals surface area contributed by atoms with Crippen LogP contribution in [0.2, 0.25) is 0 Å². The van der Waals surface area contributed by atoms with Crippen molar-refractivity contribution in [1.82, 2.24) is 0 Å². The summed E-state index contributed by atoms with van der Waals surface area (Å²) in [6.07, 6.45) is 3.73. The molecular formula is C23H23F3O. The molecule has 0 aliphatic rings. The Morgan fingerprint density at radius 2 is 1.48 bits per heavy atom. The van der Waals surface area contributed by atoms with Gasteiger partial charge in [-0.2, -0.15) is 8.78 Å². The average Bonchev–Trinajstić information content (AvgIpc) is 2.63. The molecule has 3 rings (SSSR count). The molecule has 0 N–H and O–H groups in total. The predicted octanol–water partition coefficient (Wildman–Crippen LogP) is 7.15. The molecule has 0 atom stereocenters. The molecule has 0 unspecified atom stereocenters. The van der Waals surface area contributed by atoms with Gasteiger partial charge >= 0.3 is 6.61 Å². The zero-order chi connectivity index (χ0) is 19.4. The molecule has 0 bridgehead atoms. The van der Waals surface area contributed by atoms with E-state index >= 15 is 4.39 Å². The molecule has 0 spiro atoms. The van der Waals surface area contributed by atoms with Gasteiger partial charge in [0.05, 0.1) is 5.56 Å². The number of benzene rings is 3. The van der Waals surface area contributed by atoms with Crippen LogP contribution in [-0.2, 0) is 12.8 Å². The zero-order valence-corrected chi connectivity index (χ0v) is 15.6. The third-order valence-corrected chi connectivity index (χ3v) is 4.64. The Morgan fingerprint density at radius 3 is 2.11 bits per heavy atom. The Morgan fingerprint density at radius 1 is 0.852 bits per heavy atom. The quantitative estimate of drug-likeness (QED) is 0.428. The number of alkyl halides is 2. The molecule has 0 saturated heterocycles. The van der Waals surface area contributed by atoms with Crippen molar-refractivity contribution in [2.45, 2.75) is 46.1 Å². The molecule has 4 heteroatoms. The molecule has 0 aliphatic heterocycles. The Hall–Kier alpha value is -2.49. The lowest BCUT2D eigenvalue weighted by Gasteiger charge is -2.15. The van der Waals surface area contributed by atoms with E-state index in [-0.39, 0.29) is 11.3 Å². The minimum atomic E-state index is -3.02. The highest BCUT2D eigenvalue weighted by atomic mass is 19.3. The van der Waals surface area contributed by atoms with E-state index in [1.165, 1.54) is 6.07 Å². The molecule has 1 nitrogen and oxygen atoms in total. The van der Waals surface area contributed by atoms with Gasteiger partial charge in [-0.15, -0.1) is 0 Å². The van der Waals surface area contributed by atoms with E-state index in [4.69, 9.17) is 4.74 Å². The summed E-state index contributed by atoms with van der Waals surface area (Å²) in [5.74, 6) is -0.665. The second kappa shape index (κ2) is 8.47. The van der Waals surface area contributed by atoms with Gasteiger partial charge in [-0.3, -0.25) is 0 Å². The van der Waals surface area contributed by atoms with Gasteiger partial charge in [0.2, 0.25) is 0 Å². The van der Waals surface area contributed by atoms with Crippen molar-refractivity contribution in [2.75, 3.05) is 0 Å². The molecule has 142 valence electrons. The first-order valence-corrected chi connectivity index (χ1v) is 9.32. The Labute approximate surface area is 157 Å². The highest BCUT2D eigenvalue weighted by Gasteiger charge is 2.19. The minimum absolute atomic E-state index is 0.0779. The molecule has 3 aromatic rings. The average molecular weight is 372 g/mol. The van der Waals surface area contributed by atoms with Gasteiger partial charge in [-0.05, 0) is 41.0 Å². The van der Waals surface area contributed by atoms with Crippen LogP contribution in [0.1, 0.15) is 37.8 Å². The van der Waals surface area contributed by atoms with E-state index in [0.717, 1.165) is 36.8 Å². The fourth-order valence-corrected chi connectivity index (χ4v) is 3.42. The maximum atomic E-state index is 15.3. The van der Waals surface area contributed by atoms with E-state index in [2.05, 4.69) is 13.8 Å². The SMILES string of the molecule is CCCc1ccc(-c2c(OC(F)F)cc3cc(CCC)ccc3c2F)cc1. The second-order valence-corrected chi connectivity index (χ2v) is 6.69. The first kappa shape index (κ1) is 19.3. The van der Waals surface area contributed by atoms with Gasteiger partial charge in [0.25, 0.3) is 0 Å². The van der Waals surface area contributed by atoms with Gasteiger partial charge in [-0.1, -0.05) is 69.2 Å². The summed E-state index contributed by atoms with van der Waals surface area (Å²) in [5, 5.41) is 0.976. The van der Waals surface area contributed by atoms with Crippen LogP contribution in [0.4, 0.5) is 13.2 Å². The summed E-state index contributed by atoms with van der Waals surface area (Å²) < 4.78 is 45.9. The van der Waals surface area contributed by atoms with Crippen LogP contribution in [0.25, 0.3) is 21.9 Å². The summed E-state index contributed by atoms with van der Waals surface area (Å²) in [5.41, 5.74) is 2.78. The maximum absolute atomic E-state index is 15.3. The number of aryl methyl sites for hydroxylation is 2. The maximum Gasteiger partial charge on any atom is 0.387 e. The van der Waals surface area contributed by atoms with Crippen LogP contribution in [-0.4, -0.2) is 6.61 Å². The lowest BCUT2D eigenvalue weighted by molar-refractivity contribution is -0.0494. The summed E-state index contributed by atoms with van der Waals surface area (Å²) >= 11 is 0. The predicted molar refractivity (Wildman–Crippen MR) is 104 cm³/mol. The van der Waals surface area contributed by atoms with E-state index in [1.807, 2.05) is 24.3 Å². The number of fused-ring (bicyclic) bond motifs is 1. The molecule has 0 saturated carbocycles. The van der Waals surface area contributed by atoms with Gasteiger partial charge in [-0.25, -0.2) is 4.39 Å². The third-order valence-electron chi connectivity index (χ3n) is 4.64. The molecule has 0 aliphatic carbocycles. The Bertz CT molecular complexity index is 917. The molecule has 0 aromatic heterocycles. The standard InChI is InChI=1S/C23H23F3O/c1-3-5-15-7-10-17(11-8-15)21-20(27-23(25)26)14-18-13-16(6-4-2)9-12-19(18)22(21)24/h7-14,23H,3-6H2,1-2H3. The van der Waals surface area contributed by atoms with Crippen LogP contribution in [0.3, 0.4) is 0 Å². The highest BCUT2D eigenvalue weighted by molar-refractivity contribution is 5.92. The van der Waals surface area contributed by atoms with E-state index in [1.54, 1.807) is 18.2 Å². The fraction of sp³-hybridized carbons (Fsp3) is 0.304. The Kier molecular flexibility index (Phi) is 6.04. The smallest absolute Gasteiger partial charge is 0.387 e. The molecule has 0 heterocycles. The van der Waals surface area contributed by atoms with Gasteiger partial charge < -0.3 is 4.74 Å². The van der Waals surface area contributed by atoms with Crippen LogP contribution in [0.5, 0.6) is 5.75 Å². The summed E-state index contributed by atoms with van der Waals surface area (Å²) in [7, 11) is 0. The van der Waals surface area contributed by atoms with Crippen molar-refractivity contribution in [3.63, 3.8) is 0 Å². The monoisotopic (exact) mass is 372 g/mol. The largest absolute Gasteiger partial charge is 0.434 e. The molecule has 0 radical (unpaired) electrons. The zero-order valence-electron chi connectivity index (χ0n) is 15.6. The summed E-state index contributed by atoms with van der Waals surface area (Å²) in [6, 6.07) is 14.3. The van der Waals surface area contributed by atoms with Crippen molar-refractivity contribution < 1.29 is 17.9 Å². The number of ether oxygens (including phenoxy) is 1. The minimum Gasteiger partial charge on any atom is -0.434 e. The lowest BCUT2D eigenvalue weighted by Crippen LogP contribution is -2.05. The van der Waals surface area contributed by atoms with E-state index < -0.39 is 12.4 Å². The summed E-state index contributed by atoms with van der Waals surface area (Å²) in [6.45, 7) is 1.12. The molecule has 0 amide bonds. The topological polar surface area (TPSA) is 9.23 Å². The molecular weight excluding hydrogens is 349 g/mol. The first-order chi connectivity index (χ1) is 13.0. The van der Waals surface area contributed by atoms with E-state index in [0.29, 0.717) is 16.3 Å². The van der Waals surface area contributed by atoms with Crippen LogP contribution < -0.4 is 4.74 Å². The number of hydrogen-bond donors (Lipinski definition) is 0. The van der Waals surface area contributed by atoms with Crippen LogP contribution >= 0.6 is 0 Å². The van der Waals surface area contributed by atoms with Crippen molar-refractivity contribution in [3.8, 4) is 16.9 Å². The van der Waals surface area contributed by atoms with Crippen molar-refractivity contribution in [1.29, 1.82) is 0 Å². The van der Waals surface area contributed by atoms with Gasteiger partial charge in [0, 0.05) is 5.39 Å². The summed E-state index contributed by atoms with van der Waals surface area (Å²) in [4.78, 5) is 0. The second-order valence-electron chi connectivity index (χ2n) is 6.69. The number of rotatable bonds is 7. The Balaban J connectivity index is 2.16. The lowest BCUT2D eigenvalue weighted by atomic mass is 9.96. The van der Waals surface area contributed by atoms with Crippen molar-refractivity contribution in [3.05, 3.63) is 65.5 Å². The van der Waals surface area contributed by atoms with Crippen molar-refractivity contribution >= 4 is 10.8 Å². The van der Waals surface area contributed by atoms with Gasteiger partial charge in [0.1, 0.15) is 11.6 Å². The van der Waals surface area contributed by atoms with Crippen LogP contribution in [0, 0.1) is 5.82 Å². The molecule has 27 heavy (non-hydrogen) atoms. The van der Waals surface area contributed by atoms with Crippen LogP contribution in [0.15, 0.2) is 48.5 Å². The van der Waals surface area contributed by atoms with E-state index in [9.17, 15) is 8.78 Å². The molecule has 0 fully saturated rings. The van der Waals surface area contributed by atoms with Crippen molar-refractivity contribution in [2.24, 2.45) is 0 Å². The fourth-order valence-electron chi connectivity index (χ4n) is 3.42. The highest BCUT2D eigenvalue weighted by Crippen LogP contribution is 2.39. The third kappa shape index (κ3) is 4.26. The number of halogens is 3. The normalized spacial score (nSPS) is 11.3. The molecule has 3 aromatic carbocycles.